The summed E-state index contributed by atoms with van der Waals surface area (Å²) < 4.78 is 39.9. The van der Waals surface area contributed by atoms with Gasteiger partial charge >= 0.3 is 23.9 Å². The molecular weight excluding hydrogens is 654 g/mol. The molecule has 0 aromatic heterocycles. The molecule has 254 valence electrons. The van der Waals surface area contributed by atoms with Gasteiger partial charge in [0, 0.05) is 71.1 Å². The van der Waals surface area contributed by atoms with Crippen molar-refractivity contribution in [3.8, 4) is 0 Å². The molecule has 0 bridgehead atoms. The van der Waals surface area contributed by atoms with Crippen LogP contribution in [0.25, 0.3) is 5.57 Å². The quantitative estimate of drug-likeness (QED) is 0.237. The number of nitrogens with zero attached hydrogens (tertiary/aromatic N) is 3. The number of likely N-dealkylation sites (N-methyl/N-ethyl adjacent to an activating group) is 1. The van der Waals surface area contributed by atoms with Crippen molar-refractivity contribution in [3.63, 3.8) is 0 Å². The molecule has 2 heterocycles. The topological polar surface area (TPSA) is 210 Å². The lowest BCUT2D eigenvalue weighted by Crippen LogP contribution is -2.44. The Hall–Kier alpha value is -4.48. The average Bonchev–Trinajstić information content (AvgIpc) is 3.02. The summed E-state index contributed by atoms with van der Waals surface area (Å²) in [6.07, 6.45) is 5.26. The number of sulfonamides is 1. The van der Waals surface area contributed by atoms with E-state index in [2.05, 4.69) is 22.9 Å². The first-order chi connectivity index (χ1) is 22.0. The van der Waals surface area contributed by atoms with Gasteiger partial charge in [-0.05, 0) is 54.4 Å². The van der Waals surface area contributed by atoms with Crippen molar-refractivity contribution in [2.75, 3.05) is 53.9 Å². The second-order valence-electron chi connectivity index (χ2n) is 10.3. The molecule has 1 fully saturated rings. The van der Waals surface area contributed by atoms with Crippen LogP contribution in [-0.2, 0) is 40.0 Å². The fourth-order valence-electron chi connectivity index (χ4n) is 4.33. The Morgan fingerprint density at radius 2 is 1.28 bits per heavy atom. The zero-order chi connectivity index (χ0) is 35.3. The van der Waals surface area contributed by atoms with Crippen molar-refractivity contribution in [2.45, 2.75) is 21.1 Å². The molecule has 2 aromatic carbocycles. The summed E-state index contributed by atoms with van der Waals surface area (Å²) in [6, 6.07) is 12.6. The van der Waals surface area contributed by atoms with Gasteiger partial charge in [-0.2, -0.15) is 0 Å². The molecule has 2 aliphatic rings. The number of piperazine rings is 1. The van der Waals surface area contributed by atoms with E-state index in [9.17, 15) is 31.8 Å². The minimum absolute atomic E-state index is 0.220. The highest BCUT2D eigenvalue weighted by molar-refractivity contribution is 7.89. The third-order valence-electron chi connectivity index (χ3n) is 6.72. The predicted octanol–water partition coefficient (Wildman–Crippen LogP) is 1.91. The first-order valence-corrected chi connectivity index (χ1v) is 16.6. The van der Waals surface area contributed by atoms with E-state index in [1.54, 1.807) is 18.2 Å². The van der Waals surface area contributed by atoms with Crippen LogP contribution >= 0.6 is 0 Å². The molecule has 0 amide bonds. The number of hydrogen-bond donors (Lipinski definition) is 4. The fraction of sp³-hybridized carbons (Fsp3) is 0.290. The summed E-state index contributed by atoms with van der Waals surface area (Å²) in [6.45, 7) is 5.22. The lowest BCUT2D eigenvalue weighted by Gasteiger charge is -2.32. The standard InChI is InChI=1S/C23H29N3O3S2.2C4H4O4/c1-24(2)31(28,29)18-10-11-23-21(17-18)19(20-7-4-5-9-22(20)30(23)27)8-6-12-26-15-13-25(3)14-16-26;2*5-3(6)1-2-4(7)8/h4-5,7-11,17H,6,12-16H2,1-3H3;2*1-2H,(H,5,6)(H,7,8)/b19-8-;2*2-1-. The lowest BCUT2D eigenvalue weighted by atomic mass is 9.96. The number of carboxylic acids is 4. The van der Waals surface area contributed by atoms with Gasteiger partial charge in [-0.1, -0.05) is 24.3 Å². The molecule has 4 rings (SSSR count). The van der Waals surface area contributed by atoms with Crippen molar-refractivity contribution >= 4 is 50.3 Å². The van der Waals surface area contributed by atoms with Gasteiger partial charge in [-0.15, -0.1) is 0 Å². The second-order valence-corrected chi connectivity index (χ2v) is 13.9. The van der Waals surface area contributed by atoms with Crippen LogP contribution in [0.15, 0.2) is 87.5 Å². The maximum Gasteiger partial charge on any atom is 0.328 e. The molecule has 0 saturated carbocycles. The van der Waals surface area contributed by atoms with Gasteiger partial charge in [0.2, 0.25) is 10.0 Å². The van der Waals surface area contributed by atoms with Crippen LogP contribution in [0, 0.1) is 0 Å². The third-order valence-corrected chi connectivity index (χ3v) is 10.0. The SMILES string of the molecule is CN1CCN(CC/C=C2/c3ccccc3S(=O)c3ccc(S(=O)(=O)N(C)C)cc32)CC1.O=C(O)/C=C\C(=O)O.O=C(O)/C=C\C(=O)O. The lowest BCUT2D eigenvalue weighted by molar-refractivity contribution is -0.134. The summed E-state index contributed by atoms with van der Waals surface area (Å²) in [4.78, 5) is 44.7. The Labute approximate surface area is 275 Å². The molecule has 16 heteroatoms. The van der Waals surface area contributed by atoms with Gasteiger partial charge in [0.15, 0.2) is 0 Å². The van der Waals surface area contributed by atoms with Crippen LogP contribution in [0.2, 0.25) is 0 Å². The van der Waals surface area contributed by atoms with E-state index in [0.29, 0.717) is 29.2 Å². The number of hydrogen-bond acceptors (Lipinski definition) is 9. The van der Waals surface area contributed by atoms with Crippen LogP contribution in [0.4, 0.5) is 0 Å². The highest BCUT2D eigenvalue weighted by Crippen LogP contribution is 2.40. The van der Waals surface area contributed by atoms with Crippen molar-refractivity contribution in [1.82, 2.24) is 14.1 Å². The molecule has 1 unspecified atom stereocenters. The summed E-state index contributed by atoms with van der Waals surface area (Å²) >= 11 is 0. The normalized spacial score (nSPS) is 17.3. The van der Waals surface area contributed by atoms with Gasteiger partial charge in [-0.3, -0.25) is 0 Å². The highest BCUT2D eigenvalue weighted by atomic mass is 32.2. The van der Waals surface area contributed by atoms with E-state index in [-0.39, 0.29) is 4.90 Å². The van der Waals surface area contributed by atoms with E-state index in [1.807, 2.05) is 24.3 Å². The van der Waals surface area contributed by atoms with Crippen molar-refractivity contribution < 1.29 is 52.2 Å². The van der Waals surface area contributed by atoms with Crippen LogP contribution in [0.1, 0.15) is 17.5 Å². The Balaban J connectivity index is 0.000000397. The molecule has 2 aromatic rings. The fourth-order valence-corrected chi connectivity index (χ4v) is 6.64. The largest absolute Gasteiger partial charge is 0.478 e. The summed E-state index contributed by atoms with van der Waals surface area (Å²) in [5, 5.41) is 31.2. The molecule has 14 nitrogen and oxygen atoms in total. The number of fused-ring (bicyclic) bond motifs is 2. The van der Waals surface area contributed by atoms with Gasteiger partial charge in [0.05, 0.1) is 25.5 Å². The summed E-state index contributed by atoms with van der Waals surface area (Å²) in [5.74, 6) is -5.03. The van der Waals surface area contributed by atoms with Gasteiger partial charge in [0.25, 0.3) is 0 Å². The van der Waals surface area contributed by atoms with Crippen LogP contribution < -0.4 is 0 Å². The third kappa shape index (κ3) is 12.0. The molecule has 4 N–H and O–H groups in total. The maximum absolute atomic E-state index is 13.2. The minimum atomic E-state index is -3.58. The zero-order valence-electron chi connectivity index (χ0n) is 26.0. The molecule has 0 aliphatic carbocycles. The Kier molecular flexibility index (Phi) is 14.8. The number of carbonyl (C=O) groups is 4. The van der Waals surface area contributed by atoms with E-state index in [1.165, 1.54) is 18.4 Å². The van der Waals surface area contributed by atoms with Gasteiger partial charge in [-0.25, -0.2) is 36.1 Å². The molecule has 1 saturated heterocycles. The number of carboxylic acid groups (broad SMARTS) is 4. The highest BCUT2D eigenvalue weighted by Gasteiger charge is 2.28. The number of benzene rings is 2. The van der Waals surface area contributed by atoms with Crippen molar-refractivity contribution in [3.05, 3.63) is 84.0 Å². The van der Waals surface area contributed by atoms with Crippen LogP contribution in [0.3, 0.4) is 0 Å². The van der Waals surface area contributed by atoms with Crippen molar-refractivity contribution in [2.24, 2.45) is 0 Å². The van der Waals surface area contributed by atoms with Gasteiger partial charge < -0.3 is 30.2 Å². The molecule has 2 aliphatic heterocycles. The first-order valence-electron chi connectivity index (χ1n) is 14.0. The van der Waals surface area contributed by atoms with E-state index in [4.69, 9.17) is 20.4 Å². The van der Waals surface area contributed by atoms with Crippen LogP contribution in [-0.4, -0.2) is 125 Å². The van der Waals surface area contributed by atoms with Gasteiger partial charge in [0.1, 0.15) is 0 Å². The van der Waals surface area contributed by atoms with E-state index >= 15 is 0 Å². The summed E-state index contributed by atoms with van der Waals surface area (Å²) in [5.41, 5.74) is 2.64. The Morgan fingerprint density at radius 1 is 0.787 bits per heavy atom. The zero-order valence-corrected chi connectivity index (χ0v) is 27.6. The first kappa shape index (κ1) is 38.7. The molecule has 0 spiro atoms. The molecule has 47 heavy (non-hydrogen) atoms. The number of aliphatic carboxylic acids is 4. The Morgan fingerprint density at radius 3 is 1.77 bits per heavy atom. The minimum Gasteiger partial charge on any atom is -0.478 e. The monoisotopic (exact) mass is 691 g/mol. The Bertz CT molecular complexity index is 1630. The number of rotatable bonds is 9. The van der Waals surface area contributed by atoms with Crippen LogP contribution in [0.5, 0.6) is 0 Å². The summed E-state index contributed by atoms with van der Waals surface area (Å²) in [7, 11) is 0.280. The smallest absolute Gasteiger partial charge is 0.328 e. The predicted molar refractivity (Wildman–Crippen MR) is 173 cm³/mol. The second kappa shape index (κ2) is 18.0. The molecule has 0 radical (unpaired) electrons. The van der Waals surface area contributed by atoms with E-state index in [0.717, 1.165) is 60.7 Å². The molecular formula is C31H37N3O11S2. The molecule has 1 atom stereocenters. The van der Waals surface area contributed by atoms with Crippen molar-refractivity contribution in [1.29, 1.82) is 0 Å². The average molecular weight is 692 g/mol. The maximum atomic E-state index is 13.2. The van der Waals surface area contributed by atoms with E-state index < -0.39 is 44.7 Å².